The van der Waals surface area contributed by atoms with Crippen LogP contribution in [0.25, 0.3) is 0 Å². The maximum Gasteiger partial charge on any atom is 0.261 e. The first-order valence-electron chi connectivity index (χ1n) is 8.66. The maximum atomic E-state index is 12.5. The van der Waals surface area contributed by atoms with Crippen molar-refractivity contribution in [1.29, 1.82) is 0 Å². The predicted molar refractivity (Wildman–Crippen MR) is 110 cm³/mol. The van der Waals surface area contributed by atoms with Crippen LogP contribution in [-0.2, 0) is 6.54 Å². The third-order valence-corrected chi connectivity index (χ3v) is 4.38. The van der Waals surface area contributed by atoms with E-state index < -0.39 is 0 Å². The van der Waals surface area contributed by atoms with Gasteiger partial charge >= 0.3 is 0 Å². The van der Waals surface area contributed by atoms with E-state index in [-0.39, 0.29) is 11.0 Å². The summed E-state index contributed by atoms with van der Waals surface area (Å²) in [4.78, 5) is 12.5. The molecule has 26 heavy (non-hydrogen) atoms. The summed E-state index contributed by atoms with van der Waals surface area (Å²) in [7, 11) is 0. The lowest BCUT2D eigenvalue weighted by Gasteiger charge is -2.13. The highest BCUT2D eigenvalue weighted by molar-refractivity contribution is 7.80. The van der Waals surface area contributed by atoms with Crippen LogP contribution in [0.1, 0.15) is 42.1 Å². The van der Waals surface area contributed by atoms with Crippen molar-refractivity contribution < 1.29 is 9.53 Å². The van der Waals surface area contributed by atoms with Crippen molar-refractivity contribution in [3.8, 4) is 5.75 Å². The quantitative estimate of drug-likeness (QED) is 0.506. The molecule has 0 unspecified atom stereocenters. The maximum absolute atomic E-state index is 12.5. The van der Waals surface area contributed by atoms with Crippen LogP contribution in [0.15, 0.2) is 48.5 Å². The molecule has 4 nitrogen and oxygen atoms in total. The van der Waals surface area contributed by atoms with E-state index in [0.29, 0.717) is 29.5 Å². The van der Waals surface area contributed by atoms with Gasteiger partial charge in [-0.2, -0.15) is 0 Å². The number of unbranched alkanes of at least 4 members (excludes halogenated alkanes) is 2. The number of thiocarbonyl (C=S) groups is 1. The minimum absolute atomic E-state index is 0.246. The van der Waals surface area contributed by atoms with Crippen LogP contribution in [0.5, 0.6) is 5.75 Å². The molecule has 2 rings (SSSR count). The van der Waals surface area contributed by atoms with Gasteiger partial charge in [-0.05, 0) is 42.4 Å². The Morgan fingerprint density at radius 2 is 1.85 bits per heavy atom. The van der Waals surface area contributed by atoms with Gasteiger partial charge in [0.1, 0.15) is 5.75 Å². The zero-order chi connectivity index (χ0) is 18.8. The van der Waals surface area contributed by atoms with Crippen LogP contribution in [0.3, 0.4) is 0 Å². The number of nitrogens with one attached hydrogen (secondary N) is 2. The molecule has 0 bridgehead atoms. The van der Waals surface area contributed by atoms with E-state index >= 15 is 0 Å². The van der Waals surface area contributed by atoms with Gasteiger partial charge in [0.2, 0.25) is 0 Å². The van der Waals surface area contributed by atoms with Crippen LogP contribution in [-0.4, -0.2) is 17.6 Å². The molecule has 6 heteroatoms. The summed E-state index contributed by atoms with van der Waals surface area (Å²) < 4.78 is 5.74. The van der Waals surface area contributed by atoms with E-state index in [1.165, 1.54) is 0 Å². The lowest BCUT2D eigenvalue weighted by molar-refractivity contribution is 0.0972. The van der Waals surface area contributed by atoms with Crippen molar-refractivity contribution in [2.24, 2.45) is 0 Å². The van der Waals surface area contributed by atoms with Gasteiger partial charge in [-0.1, -0.05) is 61.7 Å². The summed E-state index contributed by atoms with van der Waals surface area (Å²) in [6, 6.07) is 14.6. The van der Waals surface area contributed by atoms with E-state index in [2.05, 4.69) is 17.6 Å². The number of para-hydroxylation sites is 1. The summed E-state index contributed by atoms with van der Waals surface area (Å²) in [5, 5.41) is 6.58. The number of hydrogen-bond acceptors (Lipinski definition) is 3. The highest BCUT2D eigenvalue weighted by Gasteiger charge is 2.13. The molecule has 2 aromatic carbocycles. The Morgan fingerprint density at radius 3 is 2.62 bits per heavy atom. The minimum atomic E-state index is -0.298. The Morgan fingerprint density at radius 1 is 1.12 bits per heavy atom. The highest BCUT2D eigenvalue weighted by Crippen LogP contribution is 2.18. The normalized spacial score (nSPS) is 10.2. The Hall–Kier alpha value is -2.11. The van der Waals surface area contributed by atoms with Gasteiger partial charge in [0.25, 0.3) is 5.91 Å². The molecule has 0 heterocycles. The SMILES string of the molecule is CCCCCOc1ccccc1C(=O)NC(=S)NCc1ccccc1Cl. The van der Waals surface area contributed by atoms with Gasteiger partial charge in [-0.15, -0.1) is 0 Å². The average molecular weight is 391 g/mol. The zero-order valence-electron chi connectivity index (χ0n) is 14.8. The number of ether oxygens (including phenoxy) is 1. The Bertz CT molecular complexity index is 752. The molecule has 0 spiro atoms. The lowest BCUT2D eigenvalue weighted by Crippen LogP contribution is -2.39. The summed E-state index contributed by atoms with van der Waals surface area (Å²) >= 11 is 11.3. The van der Waals surface area contributed by atoms with E-state index in [4.69, 9.17) is 28.6 Å². The molecule has 0 aromatic heterocycles. The number of hydrogen-bond donors (Lipinski definition) is 2. The number of benzene rings is 2. The summed E-state index contributed by atoms with van der Waals surface area (Å²) in [5.74, 6) is 0.266. The van der Waals surface area contributed by atoms with Crippen LogP contribution >= 0.6 is 23.8 Å². The second-order valence-corrected chi connectivity index (χ2v) is 6.60. The van der Waals surface area contributed by atoms with Crippen LogP contribution in [0.2, 0.25) is 5.02 Å². The monoisotopic (exact) mass is 390 g/mol. The van der Waals surface area contributed by atoms with Crippen molar-refractivity contribution in [1.82, 2.24) is 10.6 Å². The number of amides is 1. The molecule has 138 valence electrons. The molecule has 2 aromatic rings. The molecule has 0 aliphatic carbocycles. The third-order valence-electron chi connectivity index (χ3n) is 3.76. The van der Waals surface area contributed by atoms with E-state index in [9.17, 15) is 4.79 Å². The molecule has 1 amide bonds. The van der Waals surface area contributed by atoms with Gasteiger partial charge in [0.05, 0.1) is 12.2 Å². The topological polar surface area (TPSA) is 50.4 Å². The van der Waals surface area contributed by atoms with Gasteiger partial charge in [0, 0.05) is 11.6 Å². The second-order valence-electron chi connectivity index (χ2n) is 5.78. The van der Waals surface area contributed by atoms with E-state index in [1.54, 1.807) is 18.2 Å². The number of carbonyl (C=O) groups is 1. The van der Waals surface area contributed by atoms with Gasteiger partial charge in [-0.3, -0.25) is 10.1 Å². The Balaban J connectivity index is 1.90. The molecule has 2 N–H and O–H groups in total. The third kappa shape index (κ3) is 6.32. The highest BCUT2D eigenvalue weighted by atomic mass is 35.5. The first kappa shape index (κ1) is 20.2. The van der Waals surface area contributed by atoms with E-state index in [1.807, 2.05) is 30.3 Å². The fourth-order valence-corrected chi connectivity index (χ4v) is 2.71. The largest absolute Gasteiger partial charge is 0.493 e. The molecule has 0 aliphatic rings. The molecule has 0 radical (unpaired) electrons. The van der Waals surface area contributed by atoms with Crippen molar-refractivity contribution in [3.63, 3.8) is 0 Å². The first-order chi connectivity index (χ1) is 12.6. The molecule has 0 saturated heterocycles. The van der Waals surface area contributed by atoms with E-state index in [0.717, 1.165) is 24.8 Å². The van der Waals surface area contributed by atoms with Crippen LogP contribution in [0.4, 0.5) is 0 Å². The summed E-state index contributed by atoms with van der Waals surface area (Å²) in [5.41, 5.74) is 1.37. The van der Waals surface area contributed by atoms with Crippen molar-refractivity contribution in [2.75, 3.05) is 6.61 Å². The molecular weight excluding hydrogens is 368 g/mol. The van der Waals surface area contributed by atoms with Gasteiger partial charge in [0.15, 0.2) is 5.11 Å². The molecule has 0 saturated carbocycles. The Kier molecular flexibility index (Phi) is 8.38. The number of rotatable bonds is 8. The predicted octanol–water partition coefficient (Wildman–Crippen LogP) is 4.71. The van der Waals surface area contributed by atoms with Gasteiger partial charge < -0.3 is 10.1 Å². The summed E-state index contributed by atoms with van der Waals surface area (Å²) in [6.07, 6.45) is 3.19. The number of carbonyl (C=O) groups excluding carboxylic acids is 1. The second kappa shape index (κ2) is 10.8. The fraction of sp³-hybridized carbons (Fsp3) is 0.300. The number of halogens is 1. The average Bonchev–Trinajstić information content (AvgIpc) is 2.65. The standard InChI is InChI=1S/C20H23ClN2O2S/c1-2-3-8-13-25-18-12-7-5-10-16(18)19(24)23-20(26)22-14-15-9-4-6-11-17(15)21/h4-7,9-12H,2-3,8,13-14H2,1H3,(H2,22,23,24,26). The smallest absolute Gasteiger partial charge is 0.261 e. The van der Waals surface area contributed by atoms with Crippen LogP contribution in [0, 0.1) is 0 Å². The minimum Gasteiger partial charge on any atom is -0.493 e. The molecular formula is C20H23ClN2O2S. The lowest BCUT2D eigenvalue weighted by atomic mass is 10.2. The van der Waals surface area contributed by atoms with Crippen molar-refractivity contribution in [3.05, 3.63) is 64.7 Å². The zero-order valence-corrected chi connectivity index (χ0v) is 16.3. The van der Waals surface area contributed by atoms with Gasteiger partial charge in [-0.25, -0.2) is 0 Å². The molecule has 0 atom stereocenters. The molecule has 0 fully saturated rings. The molecule has 0 aliphatic heterocycles. The van der Waals surface area contributed by atoms with Crippen molar-refractivity contribution in [2.45, 2.75) is 32.7 Å². The first-order valence-corrected chi connectivity index (χ1v) is 9.45. The fourth-order valence-electron chi connectivity index (χ4n) is 2.35. The summed E-state index contributed by atoms with van der Waals surface area (Å²) in [6.45, 7) is 3.17. The Labute approximate surface area is 164 Å². The van der Waals surface area contributed by atoms with Crippen molar-refractivity contribution >= 4 is 34.8 Å². The van der Waals surface area contributed by atoms with Crippen LogP contribution < -0.4 is 15.4 Å².